The van der Waals surface area contributed by atoms with E-state index >= 15 is 0 Å². The van der Waals surface area contributed by atoms with E-state index in [0.29, 0.717) is 23.8 Å². The largest absolute Gasteiger partial charge is 0.457 e. The maximum Gasteiger partial charge on any atom is 0.267 e. The molecular formula is C24H25N5O3. The van der Waals surface area contributed by atoms with Crippen molar-refractivity contribution in [2.24, 2.45) is 11.5 Å². The number of likely N-dealkylation sites (tertiary alicyclic amines) is 1. The van der Waals surface area contributed by atoms with E-state index in [4.69, 9.17) is 16.2 Å². The van der Waals surface area contributed by atoms with Gasteiger partial charge in [0.1, 0.15) is 17.2 Å². The molecule has 8 heteroatoms. The van der Waals surface area contributed by atoms with Crippen LogP contribution in [0.15, 0.2) is 54.6 Å². The molecule has 8 nitrogen and oxygen atoms in total. The number of benzene rings is 2. The fourth-order valence-corrected chi connectivity index (χ4v) is 3.79. The molecule has 1 aliphatic heterocycles. The van der Waals surface area contributed by atoms with Crippen molar-refractivity contribution < 1.29 is 14.3 Å². The van der Waals surface area contributed by atoms with E-state index in [-0.39, 0.29) is 17.6 Å². The lowest BCUT2D eigenvalue weighted by atomic mass is 10.1. The first kappa shape index (κ1) is 21.5. The molecule has 2 aromatic carbocycles. The van der Waals surface area contributed by atoms with E-state index in [2.05, 4.69) is 9.97 Å². The normalized spacial score (nSPS) is 16.1. The van der Waals surface area contributed by atoms with E-state index in [1.807, 2.05) is 60.4 Å². The molecule has 164 valence electrons. The van der Waals surface area contributed by atoms with Gasteiger partial charge in [-0.15, -0.1) is 0 Å². The Morgan fingerprint density at radius 2 is 1.69 bits per heavy atom. The zero-order valence-corrected chi connectivity index (χ0v) is 17.8. The highest BCUT2D eigenvalue weighted by Crippen LogP contribution is 2.26. The van der Waals surface area contributed by atoms with Crippen molar-refractivity contribution in [1.29, 1.82) is 0 Å². The number of primary amides is 2. The van der Waals surface area contributed by atoms with Crippen LogP contribution in [0.2, 0.25) is 0 Å². The Labute approximate surface area is 186 Å². The summed E-state index contributed by atoms with van der Waals surface area (Å²) in [6.07, 6.45) is 1.61. The Bertz CT molecular complexity index is 1130. The van der Waals surface area contributed by atoms with Crippen molar-refractivity contribution in [1.82, 2.24) is 14.9 Å². The van der Waals surface area contributed by atoms with Gasteiger partial charge in [-0.05, 0) is 68.8 Å². The molecule has 1 aliphatic rings. The number of aromatic nitrogens is 2. The molecular weight excluding hydrogens is 406 g/mol. The Balaban J connectivity index is 1.57. The van der Waals surface area contributed by atoms with Crippen LogP contribution >= 0.6 is 0 Å². The van der Waals surface area contributed by atoms with Crippen molar-refractivity contribution in [2.45, 2.75) is 32.4 Å². The van der Waals surface area contributed by atoms with Gasteiger partial charge in [-0.3, -0.25) is 14.5 Å². The van der Waals surface area contributed by atoms with Gasteiger partial charge in [0, 0.05) is 12.1 Å². The summed E-state index contributed by atoms with van der Waals surface area (Å²) in [5.74, 6) is 0.809. The first-order valence-corrected chi connectivity index (χ1v) is 10.4. The standard InChI is InChI=1S/C24H25N5O3/c1-15-4-8-18(9-5-15)32-19-10-6-16(7-11-19)24-27-17(13-20(28-24)22(25)30)14-29-12-2-3-21(29)23(26)31/h4-11,13,21H,2-3,12,14H2,1H3,(H2,25,30)(H2,26,31)/t21-/m0/s1. The van der Waals surface area contributed by atoms with Gasteiger partial charge in [0.05, 0.1) is 11.7 Å². The van der Waals surface area contributed by atoms with Gasteiger partial charge in [-0.25, -0.2) is 9.97 Å². The number of hydrogen-bond donors (Lipinski definition) is 2. The maximum absolute atomic E-state index is 11.9. The third-order valence-electron chi connectivity index (χ3n) is 5.46. The van der Waals surface area contributed by atoms with Crippen LogP contribution in [0.25, 0.3) is 11.4 Å². The molecule has 2 heterocycles. The van der Waals surface area contributed by atoms with Crippen LogP contribution in [0.4, 0.5) is 0 Å². The number of rotatable bonds is 7. The fraction of sp³-hybridized carbons (Fsp3) is 0.250. The summed E-state index contributed by atoms with van der Waals surface area (Å²) in [5, 5.41) is 0. The van der Waals surface area contributed by atoms with Gasteiger partial charge in [0.2, 0.25) is 5.91 Å². The minimum atomic E-state index is -0.637. The third-order valence-corrected chi connectivity index (χ3v) is 5.46. The second kappa shape index (κ2) is 9.15. The van der Waals surface area contributed by atoms with E-state index in [9.17, 15) is 9.59 Å². The van der Waals surface area contributed by atoms with Crippen molar-refractivity contribution in [3.63, 3.8) is 0 Å². The highest BCUT2D eigenvalue weighted by atomic mass is 16.5. The molecule has 1 fully saturated rings. The van der Waals surface area contributed by atoms with E-state index in [1.54, 1.807) is 6.07 Å². The SMILES string of the molecule is Cc1ccc(Oc2ccc(-c3nc(CN4CCC[C@H]4C(N)=O)cc(C(N)=O)n3)cc2)cc1. The number of nitrogens with two attached hydrogens (primary N) is 2. The van der Waals surface area contributed by atoms with Gasteiger partial charge in [0.25, 0.3) is 5.91 Å². The summed E-state index contributed by atoms with van der Waals surface area (Å²) < 4.78 is 5.87. The Morgan fingerprint density at radius 3 is 2.31 bits per heavy atom. The summed E-state index contributed by atoms with van der Waals surface area (Å²) in [4.78, 5) is 34.5. The molecule has 4 rings (SSSR count). The van der Waals surface area contributed by atoms with Gasteiger partial charge in [-0.2, -0.15) is 0 Å². The molecule has 1 aromatic heterocycles. The number of hydrogen-bond acceptors (Lipinski definition) is 6. The smallest absolute Gasteiger partial charge is 0.267 e. The van der Waals surface area contributed by atoms with Gasteiger partial charge in [-0.1, -0.05) is 17.7 Å². The van der Waals surface area contributed by atoms with Crippen LogP contribution in [0.1, 0.15) is 34.6 Å². The number of ether oxygens (including phenoxy) is 1. The fourth-order valence-electron chi connectivity index (χ4n) is 3.79. The zero-order chi connectivity index (χ0) is 22.7. The summed E-state index contributed by atoms with van der Waals surface area (Å²) in [5.41, 5.74) is 13.6. The number of amides is 2. The molecule has 0 radical (unpaired) electrons. The number of carbonyl (C=O) groups is 2. The molecule has 0 bridgehead atoms. The first-order chi connectivity index (χ1) is 15.4. The molecule has 1 saturated heterocycles. The highest BCUT2D eigenvalue weighted by Gasteiger charge is 2.29. The van der Waals surface area contributed by atoms with Crippen LogP contribution in [-0.2, 0) is 11.3 Å². The van der Waals surface area contributed by atoms with Crippen LogP contribution in [0, 0.1) is 6.92 Å². The number of aryl methyl sites for hydroxylation is 1. The average Bonchev–Trinajstić information content (AvgIpc) is 3.24. The van der Waals surface area contributed by atoms with Gasteiger partial charge >= 0.3 is 0 Å². The van der Waals surface area contributed by atoms with Crippen molar-refractivity contribution >= 4 is 11.8 Å². The lowest BCUT2D eigenvalue weighted by molar-refractivity contribution is -0.122. The van der Waals surface area contributed by atoms with Gasteiger partial charge in [0.15, 0.2) is 5.82 Å². The average molecular weight is 431 g/mol. The zero-order valence-electron chi connectivity index (χ0n) is 17.8. The highest BCUT2D eigenvalue weighted by molar-refractivity contribution is 5.91. The summed E-state index contributed by atoms with van der Waals surface area (Å²) >= 11 is 0. The molecule has 0 spiro atoms. The van der Waals surface area contributed by atoms with Crippen molar-refractivity contribution in [2.75, 3.05) is 6.54 Å². The van der Waals surface area contributed by atoms with Crippen LogP contribution in [-0.4, -0.2) is 39.3 Å². The second-order valence-electron chi connectivity index (χ2n) is 7.90. The lowest BCUT2D eigenvalue weighted by Crippen LogP contribution is -2.40. The molecule has 1 atom stereocenters. The molecule has 0 saturated carbocycles. The monoisotopic (exact) mass is 431 g/mol. The predicted octanol–water partition coefficient (Wildman–Crippen LogP) is 2.79. The van der Waals surface area contributed by atoms with Crippen molar-refractivity contribution in [3.05, 3.63) is 71.5 Å². The number of nitrogens with zero attached hydrogens (tertiary/aromatic N) is 3. The maximum atomic E-state index is 11.9. The quantitative estimate of drug-likeness (QED) is 0.593. The molecule has 32 heavy (non-hydrogen) atoms. The van der Waals surface area contributed by atoms with E-state index in [1.165, 1.54) is 0 Å². The van der Waals surface area contributed by atoms with Crippen LogP contribution in [0.5, 0.6) is 11.5 Å². The Morgan fingerprint density at radius 1 is 1.03 bits per heavy atom. The van der Waals surface area contributed by atoms with Crippen LogP contribution in [0.3, 0.4) is 0 Å². The Kier molecular flexibility index (Phi) is 6.13. The molecule has 2 amide bonds. The minimum absolute atomic E-state index is 0.125. The Hall–Kier alpha value is -3.78. The van der Waals surface area contributed by atoms with E-state index < -0.39 is 5.91 Å². The number of carbonyl (C=O) groups excluding carboxylic acids is 2. The molecule has 4 N–H and O–H groups in total. The molecule has 3 aromatic rings. The third kappa shape index (κ3) is 4.92. The first-order valence-electron chi connectivity index (χ1n) is 10.4. The van der Waals surface area contributed by atoms with Crippen LogP contribution < -0.4 is 16.2 Å². The van der Waals surface area contributed by atoms with Crippen molar-refractivity contribution in [3.8, 4) is 22.9 Å². The predicted molar refractivity (Wildman–Crippen MR) is 120 cm³/mol. The summed E-state index contributed by atoms with van der Waals surface area (Å²) in [6.45, 7) is 3.15. The topological polar surface area (TPSA) is 124 Å². The lowest BCUT2D eigenvalue weighted by Gasteiger charge is -2.21. The van der Waals surface area contributed by atoms with E-state index in [0.717, 1.165) is 36.3 Å². The summed E-state index contributed by atoms with van der Waals surface area (Å²) in [6, 6.07) is 16.3. The second-order valence-corrected chi connectivity index (χ2v) is 7.90. The molecule has 0 unspecified atom stereocenters. The summed E-state index contributed by atoms with van der Waals surface area (Å²) in [7, 11) is 0. The van der Waals surface area contributed by atoms with Gasteiger partial charge < -0.3 is 16.2 Å². The molecule has 0 aliphatic carbocycles. The minimum Gasteiger partial charge on any atom is -0.457 e.